The number of sulfonamides is 1. The van der Waals surface area contributed by atoms with E-state index in [0.717, 1.165) is 25.1 Å². The van der Waals surface area contributed by atoms with Crippen molar-refractivity contribution < 1.29 is 8.42 Å². The van der Waals surface area contributed by atoms with Gasteiger partial charge in [-0.15, -0.1) is 0 Å². The topological polar surface area (TPSA) is 65.2 Å². The predicted octanol–water partition coefficient (Wildman–Crippen LogP) is 1.54. The molecule has 1 aliphatic rings. The first kappa shape index (κ1) is 14.6. The minimum Gasteiger partial charge on any atom is -0.363 e. The third-order valence-corrected chi connectivity index (χ3v) is 5.35. The summed E-state index contributed by atoms with van der Waals surface area (Å²) in [4.78, 5) is 3.40. The molecule has 0 aromatic carbocycles. The molecule has 108 valence electrons. The summed E-state index contributed by atoms with van der Waals surface area (Å²) in [5, 5.41) is 3.18. The molecule has 0 bridgehead atoms. The Morgan fingerprint density at radius 2 is 2.16 bits per heavy atom. The molecule has 19 heavy (non-hydrogen) atoms. The third-order valence-electron chi connectivity index (χ3n) is 3.43. The average molecular weight is 285 g/mol. The maximum absolute atomic E-state index is 12.5. The summed E-state index contributed by atoms with van der Waals surface area (Å²) in [6, 6.07) is 1.73. The number of rotatable bonds is 8. The lowest BCUT2D eigenvalue weighted by Crippen LogP contribution is -2.32. The van der Waals surface area contributed by atoms with E-state index in [4.69, 9.17) is 0 Å². The van der Waals surface area contributed by atoms with Crippen LogP contribution in [-0.4, -0.2) is 37.3 Å². The first-order valence-corrected chi connectivity index (χ1v) is 8.40. The molecular weight excluding hydrogens is 262 g/mol. The van der Waals surface area contributed by atoms with Gasteiger partial charge in [-0.1, -0.05) is 13.8 Å². The van der Waals surface area contributed by atoms with Crippen LogP contribution in [0.25, 0.3) is 0 Å². The molecule has 1 saturated carbocycles. The summed E-state index contributed by atoms with van der Waals surface area (Å²) >= 11 is 0. The molecule has 0 unspecified atom stereocenters. The number of hydrogen-bond donors (Lipinski definition) is 2. The molecule has 0 aliphatic heterocycles. The molecule has 0 radical (unpaired) electrons. The van der Waals surface area contributed by atoms with E-state index in [9.17, 15) is 8.42 Å². The SMILES string of the molecule is CCNCc1cc(S(=O)(=O)N(CC)CC2CC2)c[nH]1. The predicted molar refractivity (Wildman–Crippen MR) is 75.3 cm³/mol. The Kier molecular flexibility index (Phi) is 4.65. The van der Waals surface area contributed by atoms with Gasteiger partial charge in [-0.05, 0) is 31.4 Å². The van der Waals surface area contributed by atoms with Gasteiger partial charge in [0.25, 0.3) is 0 Å². The molecule has 0 saturated heterocycles. The molecule has 1 heterocycles. The molecule has 6 heteroatoms. The number of hydrogen-bond acceptors (Lipinski definition) is 3. The Labute approximate surface area is 115 Å². The van der Waals surface area contributed by atoms with Crippen LogP contribution in [0.2, 0.25) is 0 Å². The number of aromatic amines is 1. The molecule has 0 amide bonds. The highest BCUT2D eigenvalue weighted by Gasteiger charge is 2.31. The zero-order chi connectivity index (χ0) is 13.9. The fourth-order valence-electron chi connectivity index (χ4n) is 2.06. The second kappa shape index (κ2) is 6.07. The third kappa shape index (κ3) is 3.58. The summed E-state index contributed by atoms with van der Waals surface area (Å²) in [5.74, 6) is 0.565. The molecule has 5 nitrogen and oxygen atoms in total. The van der Waals surface area contributed by atoms with Crippen molar-refractivity contribution in [3.63, 3.8) is 0 Å². The van der Waals surface area contributed by atoms with E-state index in [1.54, 1.807) is 16.6 Å². The average Bonchev–Trinajstić information content (AvgIpc) is 3.08. The van der Waals surface area contributed by atoms with Gasteiger partial charge < -0.3 is 10.3 Å². The monoisotopic (exact) mass is 285 g/mol. The highest BCUT2D eigenvalue weighted by atomic mass is 32.2. The van der Waals surface area contributed by atoms with E-state index in [2.05, 4.69) is 10.3 Å². The van der Waals surface area contributed by atoms with Gasteiger partial charge in [-0.2, -0.15) is 4.31 Å². The van der Waals surface area contributed by atoms with Crippen LogP contribution in [0.15, 0.2) is 17.2 Å². The van der Waals surface area contributed by atoms with Crippen LogP contribution in [0.4, 0.5) is 0 Å². The molecule has 1 aliphatic carbocycles. The van der Waals surface area contributed by atoms with Crippen LogP contribution in [0.1, 0.15) is 32.4 Å². The van der Waals surface area contributed by atoms with Crippen molar-refractivity contribution in [2.24, 2.45) is 5.92 Å². The van der Waals surface area contributed by atoms with Crippen LogP contribution >= 0.6 is 0 Å². The molecule has 1 fully saturated rings. The first-order valence-electron chi connectivity index (χ1n) is 6.96. The molecule has 0 spiro atoms. The van der Waals surface area contributed by atoms with Crippen molar-refractivity contribution >= 4 is 10.0 Å². The smallest absolute Gasteiger partial charge is 0.244 e. The fraction of sp³-hybridized carbons (Fsp3) is 0.692. The Hall–Kier alpha value is -0.850. The number of nitrogens with one attached hydrogen (secondary N) is 2. The van der Waals surface area contributed by atoms with Gasteiger partial charge in [-0.3, -0.25) is 0 Å². The summed E-state index contributed by atoms with van der Waals surface area (Å²) in [6.45, 7) is 6.64. The molecule has 2 N–H and O–H groups in total. The van der Waals surface area contributed by atoms with E-state index in [-0.39, 0.29) is 0 Å². The Morgan fingerprint density at radius 1 is 1.42 bits per heavy atom. The second-order valence-corrected chi connectivity index (χ2v) is 6.98. The van der Waals surface area contributed by atoms with Gasteiger partial charge in [-0.25, -0.2) is 8.42 Å². The molecule has 1 aromatic heterocycles. The van der Waals surface area contributed by atoms with E-state index in [1.165, 1.54) is 0 Å². The fourth-order valence-corrected chi connectivity index (χ4v) is 3.61. The molecule has 1 aromatic rings. The summed E-state index contributed by atoms with van der Waals surface area (Å²) in [6.07, 6.45) is 3.91. The largest absolute Gasteiger partial charge is 0.363 e. The second-order valence-electron chi connectivity index (χ2n) is 5.04. The maximum Gasteiger partial charge on any atom is 0.244 e. The quantitative estimate of drug-likeness (QED) is 0.761. The van der Waals surface area contributed by atoms with E-state index in [0.29, 0.717) is 30.4 Å². The van der Waals surface area contributed by atoms with Crippen molar-refractivity contribution in [2.45, 2.75) is 38.1 Å². The van der Waals surface area contributed by atoms with Gasteiger partial charge in [0.15, 0.2) is 0 Å². The van der Waals surface area contributed by atoms with Crippen molar-refractivity contribution in [1.29, 1.82) is 0 Å². The lowest BCUT2D eigenvalue weighted by molar-refractivity contribution is 0.412. The van der Waals surface area contributed by atoms with Gasteiger partial charge in [0.05, 0.1) is 4.90 Å². The van der Waals surface area contributed by atoms with E-state index >= 15 is 0 Å². The van der Waals surface area contributed by atoms with Crippen LogP contribution in [0.3, 0.4) is 0 Å². The van der Waals surface area contributed by atoms with E-state index < -0.39 is 10.0 Å². The van der Waals surface area contributed by atoms with Gasteiger partial charge in [0.1, 0.15) is 0 Å². The molecular formula is C13H23N3O2S. The molecule has 2 rings (SSSR count). The first-order chi connectivity index (χ1) is 9.07. The van der Waals surface area contributed by atoms with Crippen LogP contribution < -0.4 is 5.32 Å². The minimum atomic E-state index is -3.34. The highest BCUT2D eigenvalue weighted by Crippen LogP contribution is 2.31. The molecule has 0 atom stereocenters. The zero-order valence-electron chi connectivity index (χ0n) is 11.6. The summed E-state index contributed by atoms with van der Waals surface area (Å²) in [7, 11) is -3.34. The summed E-state index contributed by atoms with van der Waals surface area (Å²) < 4.78 is 26.6. The number of H-pyrrole nitrogens is 1. The Balaban J connectivity index is 2.10. The lowest BCUT2D eigenvalue weighted by Gasteiger charge is -2.19. The number of aromatic nitrogens is 1. The van der Waals surface area contributed by atoms with Crippen LogP contribution in [-0.2, 0) is 16.6 Å². The van der Waals surface area contributed by atoms with Gasteiger partial charge in [0, 0.05) is 31.5 Å². The summed E-state index contributed by atoms with van der Waals surface area (Å²) in [5.41, 5.74) is 0.905. The number of nitrogens with zero attached hydrogens (tertiary/aromatic N) is 1. The van der Waals surface area contributed by atoms with Gasteiger partial charge >= 0.3 is 0 Å². The maximum atomic E-state index is 12.5. The van der Waals surface area contributed by atoms with Crippen molar-refractivity contribution in [2.75, 3.05) is 19.6 Å². The zero-order valence-corrected chi connectivity index (χ0v) is 12.5. The minimum absolute atomic E-state index is 0.378. The van der Waals surface area contributed by atoms with Crippen molar-refractivity contribution in [3.8, 4) is 0 Å². The van der Waals surface area contributed by atoms with Crippen LogP contribution in [0.5, 0.6) is 0 Å². The highest BCUT2D eigenvalue weighted by molar-refractivity contribution is 7.89. The normalized spacial score (nSPS) is 16.2. The van der Waals surface area contributed by atoms with Gasteiger partial charge in [0.2, 0.25) is 10.0 Å². The lowest BCUT2D eigenvalue weighted by atomic mass is 10.4. The Morgan fingerprint density at radius 3 is 2.74 bits per heavy atom. The van der Waals surface area contributed by atoms with Crippen LogP contribution in [0, 0.1) is 5.92 Å². The van der Waals surface area contributed by atoms with E-state index in [1.807, 2.05) is 13.8 Å². The Bertz CT molecular complexity index is 506. The van der Waals surface area contributed by atoms with Crippen molar-refractivity contribution in [1.82, 2.24) is 14.6 Å². The standard InChI is InChI=1S/C13H23N3O2S/c1-3-14-8-12-7-13(9-15-12)19(17,18)16(4-2)10-11-5-6-11/h7,9,11,14-15H,3-6,8,10H2,1-2H3. The van der Waals surface area contributed by atoms with Crippen molar-refractivity contribution in [3.05, 3.63) is 18.0 Å².